The van der Waals surface area contributed by atoms with Crippen LogP contribution < -0.4 is 5.32 Å². The third-order valence-electron chi connectivity index (χ3n) is 6.50. The minimum Gasteiger partial charge on any atom is -0.479 e. The number of aliphatic hydroxyl groups is 1. The van der Waals surface area contributed by atoms with E-state index in [1.807, 2.05) is 19.2 Å². The second-order valence-corrected chi connectivity index (χ2v) is 11.8. The van der Waals surface area contributed by atoms with Crippen molar-refractivity contribution in [1.82, 2.24) is 10.3 Å². The lowest BCUT2D eigenvalue weighted by Gasteiger charge is -2.40. The van der Waals surface area contributed by atoms with Crippen molar-refractivity contribution in [3.63, 3.8) is 0 Å². The van der Waals surface area contributed by atoms with Crippen molar-refractivity contribution >= 4 is 46.8 Å². The molecule has 6 atom stereocenters. The van der Waals surface area contributed by atoms with Crippen LogP contribution in [0.5, 0.6) is 0 Å². The van der Waals surface area contributed by atoms with E-state index in [0.29, 0.717) is 23.5 Å². The van der Waals surface area contributed by atoms with Crippen LogP contribution in [0.3, 0.4) is 0 Å². The van der Waals surface area contributed by atoms with Gasteiger partial charge in [-0.1, -0.05) is 12.2 Å². The molecule has 8 nitrogen and oxygen atoms in total. The van der Waals surface area contributed by atoms with Gasteiger partial charge in [0.15, 0.2) is 11.4 Å². The maximum atomic E-state index is 13.0. The molecule has 0 aromatic carbocycles. The zero-order valence-electron chi connectivity index (χ0n) is 18.0. The number of carboxylic acid groups (broad SMARTS) is 1. The Balaban J connectivity index is 1.70. The predicted octanol–water partition coefficient (Wildman–Crippen LogP) is 2.49. The zero-order valence-corrected chi connectivity index (χ0v) is 19.7. The van der Waals surface area contributed by atoms with Crippen molar-refractivity contribution in [3.8, 4) is 0 Å². The maximum absolute atomic E-state index is 13.0. The molecular formula is C22H26N2O6S2. The fourth-order valence-corrected chi connectivity index (χ4v) is 7.29. The number of aromatic nitrogens is 1. The minimum absolute atomic E-state index is 0.168. The van der Waals surface area contributed by atoms with Crippen molar-refractivity contribution in [3.05, 3.63) is 34.3 Å². The average molecular weight is 479 g/mol. The molecular weight excluding hydrogens is 452 g/mol. The molecule has 2 fully saturated rings. The molecule has 4 heterocycles. The van der Waals surface area contributed by atoms with E-state index in [4.69, 9.17) is 4.74 Å². The molecule has 0 spiro atoms. The van der Waals surface area contributed by atoms with E-state index in [9.17, 15) is 24.6 Å². The second kappa shape index (κ2) is 8.09. The topological polar surface area (TPSA) is 129 Å². The molecule has 3 aliphatic heterocycles. The molecule has 3 aliphatic rings. The number of carbonyl (C=O) groups excluding carboxylic acids is 2. The number of rotatable bonds is 2. The number of carboxylic acids is 1. The summed E-state index contributed by atoms with van der Waals surface area (Å²) in [6.45, 7) is 4.96. The first-order valence-corrected chi connectivity index (χ1v) is 12.1. The van der Waals surface area contributed by atoms with Crippen molar-refractivity contribution in [2.45, 2.75) is 73.4 Å². The molecule has 0 radical (unpaired) electrons. The average Bonchev–Trinajstić information content (AvgIpc) is 3.27. The number of ether oxygens (including phenoxy) is 1. The zero-order chi connectivity index (χ0) is 23.3. The number of allylic oxidation sites excluding steroid dienone is 2. The molecule has 1 amide bonds. The number of carbonyl (C=O) groups is 3. The summed E-state index contributed by atoms with van der Waals surface area (Å²) in [6, 6.07) is -0.372. The highest BCUT2D eigenvalue weighted by Crippen LogP contribution is 2.61. The Bertz CT molecular complexity index is 1020. The molecule has 32 heavy (non-hydrogen) atoms. The van der Waals surface area contributed by atoms with Gasteiger partial charge in [0.05, 0.1) is 16.5 Å². The molecule has 4 rings (SSSR count). The van der Waals surface area contributed by atoms with Gasteiger partial charge in [-0.25, -0.2) is 9.78 Å². The van der Waals surface area contributed by atoms with Gasteiger partial charge in [-0.05, 0) is 45.8 Å². The van der Waals surface area contributed by atoms with Gasteiger partial charge in [-0.3, -0.25) is 9.59 Å². The van der Waals surface area contributed by atoms with Crippen LogP contribution in [0.25, 0.3) is 6.08 Å². The van der Waals surface area contributed by atoms with Crippen LogP contribution >= 0.6 is 23.1 Å². The van der Waals surface area contributed by atoms with E-state index in [1.54, 1.807) is 18.2 Å². The van der Waals surface area contributed by atoms with Crippen LogP contribution in [0.2, 0.25) is 0 Å². The summed E-state index contributed by atoms with van der Waals surface area (Å²) >= 11 is 2.65. The number of fused-ring (bicyclic) bond motifs is 6. The fourth-order valence-electron chi connectivity index (χ4n) is 4.42. The summed E-state index contributed by atoms with van der Waals surface area (Å²) in [5.74, 6) is -1.92. The highest BCUT2D eigenvalue weighted by molar-refractivity contribution is 8.02. The third kappa shape index (κ3) is 4.05. The third-order valence-corrected chi connectivity index (χ3v) is 9.59. The number of nitrogens with one attached hydrogen (secondary N) is 1. The smallest absolute Gasteiger partial charge is 0.336 e. The Morgan fingerprint density at radius 1 is 1.31 bits per heavy atom. The minimum atomic E-state index is -2.15. The Morgan fingerprint density at radius 3 is 2.75 bits per heavy atom. The van der Waals surface area contributed by atoms with E-state index >= 15 is 0 Å². The van der Waals surface area contributed by atoms with Crippen LogP contribution in [-0.4, -0.2) is 60.2 Å². The predicted molar refractivity (Wildman–Crippen MR) is 121 cm³/mol. The largest absolute Gasteiger partial charge is 0.479 e. The molecule has 0 unspecified atom stereocenters. The van der Waals surface area contributed by atoms with E-state index in [2.05, 4.69) is 10.3 Å². The second-order valence-electron chi connectivity index (χ2n) is 8.96. The van der Waals surface area contributed by atoms with Gasteiger partial charge >= 0.3 is 5.97 Å². The van der Waals surface area contributed by atoms with Gasteiger partial charge in [0.1, 0.15) is 17.2 Å². The quantitative estimate of drug-likeness (QED) is 0.553. The normalized spacial score (nSPS) is 38.7. The van der Waals surface area contributed by atoms with Gasteiger partial charge in [0, 0.05) is 16.5 Å². The lowest BCUT2D eigenvalue weighted by molar-refractivity contribution is -0.160. The van der Waals surface area contributed by atoms with Crippen LogP contribution in [0.4, 0.5) is 0 Å². The van der Waals surface area contributed by atoms with Gasteiger partial charge in [-0.2, -0.15) is 0 Å². The number of hydrogen-bond donors (Lipinski definition) is 3. The van der Waals surface area contributed by atoms with Crippen LogP contribution in [0.15, 0.2) is 23.6 Å². The van der Waals surface area contributed by atoms with E-state index in [1.165, 1.54) is 36.1 Å². The molecule has 0 aliphatic carbocycles. The lowest BCUT2D eigenvalue weighted by Crippen LogP contribution is -2.56. The summed E-state index contributed by atoms with van der Waals surface area (Å²) in [6.07, 6.45) is 6.23. The first-order valence-electron chi connectivity index (χ1n) is 10.4. The molecule has 172 valence electrons. The maximum Gasteiger partial charge on any atom is 0.336 e. The Hall–Kier alpha value is -2.01. The van der Waals surface area contributed by atoms with Crippen molar-refractivity contribution in [1.29, 1.82) is 0 Å². The number of thioether (sulfide) groups is 1. The number of epoxide rings is 1. The summed E-state index contributed by atoms with van der Waals surface area (Å²) in [4.78, 5) is 42.1. The lowest BCUT2D eigenvalue weighted by atomic mass is 9.80. The van der Waals surface area contributed by atoms with E-state index in [0.717, 1.165) is 0 Å². The van der Waals surface area contributed by atoms with Crippen molar-refractivity contribution in [2.75, 3.05) is 0 Å². The van der Waals surface area contributed by atoms with E-state index in [-0.39, 0.29) is 24.2 Å². The summed E-state index contributed by atoms with van der Waals surface area (Å²) in [5, 5.41) is 26.2. The molecule has 0 saturated carbocycles. The Kier molecular flexibility index (Phi) is 5.85. The molecule has 1 aromatic heterocycles. The number of ketones is 1. The van der Waals surface area contributed by atoms with Gasteiger partial charge in [0.25, 0.3) is 0 Å². The van der Waals surface area contributed by atoms with Gasteiger partial charge in [0.2, 0.25) is 5.91 Å². The van der Waals surface area contributed by atoms with Crippen molar-refractivity contribution in [2.24, 2.45) is 0 Å². The first kappa shape index (κ1) is 23.2. The summed E-state index contributed by atoms with van der Waals surface area (Å²) in [7, 11) is 0. The first-order chi connectivity index (χ1) is 15.0. The molecule has 3 N–H and O–H groups in total. The molecule has 4 bridgehead atoms. The van der Waals surface area contributed by atoms with Crippen LogP contribution in [0, 0.1) is 0 Å². The Labute approximate surface area is 194 Å². The highest BCUT2D eigenvalue weighted by Gasteiger charge is 2.66. The fraction of sp³-hybridized carbons (Fsp3) is 0.545. The molecule has 2 saturated heterocycles. The Morgan fingerprint density at radius 2 is 2.03 bits per heavy atom. The number of nitrogens with zero attached hydrogens (tertiary/aromatic N) is 1. The highest BCUT2D eigenvalue weighted by atomic mass is 32.2. The number of amides is 1. The van der Waals surface area contributed by atoms with Gasteiger partial charge in [-0.15, -0.1) is 23.1 Å². The van der Waals surface area contributed by atoms with Crippen LogP contribution in [0.1, 0.15) is 56.8 Å². The van der Waals surface area contributed by atoms with E-state index < -0.39 is 33.3 Å². The number of aliphatic carboxylic acids is 1. The summed E-state index contributed by atoms with van der Waals surface area (Å²) in [5.41, 5.74) is -1.44. The number of hydrogen-bond acceptors (Lipinski definition) is 8. The number of thiazole rings is 1. The summed E-state index contributed by atoms with van der Waals surface area (Å²) < 4.78 is 3.84. The van der Waals surface area contributed by atoms with Gasteiger partial charge < -0.3 is 20.3 Å². The monoisotopic (exact) mass is 478 g/mol. The molecule has 10 heteroatoms. The SMILES string of the molecule is C[C@H]1NC(=O)C[C@@]2([C@@](C)(O)C(=O)O)CC[C@](C)(S2)[C@@H]2O[C@H]2C(=O)/C=C/C=C\c2csc1n2. The standard InChI is InChI=1S/C22H26N2O6S2/c1-12-18-24-13(11-31-18)6-4-5-7-14(25)16-17(30-16)20(2)8-9-22(32-20,10-15(26)23-12)21(3,29)19(27)28/h4-7,11-12,16-17,29H,8-10H2,1-3H3,(H,23,26)(H,27,28)/b6-4-,7-5+/t12-,16+,17-,20+,21+,22-/m1/s1. The van der Waals surface area contributed by atoms with Crippen LogP contribution in [-0.2, 0) is 19.1 Å². The molecule has 1 aromatic rings. The van der Waals surface area contributed by atoms with Crippen molar-refractivity contribution < 1.29 is 29.3 Å².